The number of aliphatic carboxylic acids is 1. The van der Waals surface area contributed by atoms with E-state index in [-0.39, 0.29) is 42.7 Å². The third-order valence-electron chi connectivity index (χ3n) is 11.4. The molecule has 386 valence electrons. The third kappa shape index (κ3) is 47.1. The summed E-state index contributed by atoms with van der Waals surface area (Å²) in [6.45, 7) is 4.41. The van der Waals surface area contributed by atoms with Crippen molar-refractivity contribution in [1.82, 2.24) is 0 Å². The van der Waals surface area contributed by atoms with E-state index in [0.717, 1.165) is 116 Å². The molecule has 0 spiro atoms. The normalized spacial score (nSPS) is 13.7. The smallest absolute Gasteiger partial charge is 0.306 e. The molecule has 0 aliphatic carbocycles. The molecule has 0 heterocycles. The zero-order chi connectivity index (χ0) is 49.9. The number of unbranched alkanes of at least 4 members (excludes halogenated alkanes) is 15. The number of likely N-dealkylation sites (N-methyl/N-ethyl adjacent to an activating group) is 1. The maximum absolute atomic E-state index is 12.8. The summed E-state index contributed by atoms with van der Waals surface area (Å²) in [5.74, 6) is -1.77. The second kappa shape index (κ2) is 49.4. The molecule has 0 aromatic rings. The van der Waals surface area contributed by atoms with Gasteiger partial charge in [-0.25, -0.2) is 0 Å². The average molecular weight is 946 g/mol. The van der Waals surface area contributed by atoms with Crippen LogP contribution in [0.15, 0.2) is 109 Å². The lowest BCUT2D eigenvalue weighted by Gasteiger charge is -2.34. The van der Waals surface area contributed by atoms with Gasteiger partial charge in [0.25, 0.3) is 0 Å². The van der Waals surface area contributed by atoms with Crippen LogP contribution in [0.5, 0.6) is 0 Å². The molecule has 0 saturated carbocycles. The molecule has 8 heteroatoms. The highest BCUT2D eigenvalue weighted by Gasteiger charge is 2.25. The van der Waals surface area contributed by atoms with Crippen LogP contribution in [-0.2, 0) is 28.6 Å². The Morgan fingerprint density at radius 3 is 1.15 bits per heavy atom. The predicted molar refractivity (Wildman–Crippen MR) is 286 cm³/mol. The largest absolute Gasteiger partial charge is 0.544 e. The van der Waals surface area contributed by atoms with Gasteiger partial charge in [-0.05, 0) is 96.3 Å². The first-order chi connectivity index (χ1) is 33.1. The van der Waals surface area contributed by atoms with Gasteiger partial charge in [0.15, 0.2) is 6.10 Å². The Balaban J connectivity index is 4.28. The first kappa shape index (κ1) is 64.0. The maximum Gasteiger partial charge on any atom is 0.306 e. The molecule has 0 aliphatic rings. The number of carboxylic acid groups (broad SMARTS) is 1. The summed E-state index contributed by atoms with van der Waals surface area (Å²) >= 11 is 0. The average Bonchev–Trinajstić information content (AvgIpc) is 3.30. The molecule has 68 heavy (non-hydrogen) atoms. The molecule has 0 aromatic carbocycles. The fourth-order valence-corrected chi connectivity index (χ4v) is 7.32. The van der Waals surface area contributed by atoms with Crippen LogP contribution in [0.4, 0.5) is 0 Å². The van der Waals surface area contributed by atoms with Gasteiger partial charge in [-0.15, -0.1) is 0 Å². The van der Waals surface area contributed by atoms with Gasteiger partial charge >= 0.3 is 11.9 Å². The Labute approximate surface area is 417 Å². The predicted octanol–water partition coefficient (Wildman–Crippen LogP) is 14.6. The molecule has 0 fully saturated rings. The number of quaternary nitrogens is 1. The Morgan fingerprint density at radius 2 is 0.779 bits per heavy atom. The standard InChI is InChI=1S/C60H99NO7/c1-6-8-10-12-14-16-18-20-22-24-26-28-30-32-34-36-38-40-42-44-46-48-50-58(62)67-55-56(54-66-53-52-57(60(64)65)61(3,4)5)68-59(63)51-49-47-45-43-41-39-37-35-33-31-29-27-25-23-21-19-17-15-13-11-9-7-2/h8-11,14-17,20-23,26-29,32,34,56-57H,6-7,12-13,18-19,24-25,30-31,33,35-55H2,1-5H3/b10-8+,11-9+,16-14+,17-15+,22-20+,23-21+,28-26+,29-27+,34-32+. The maximum atomic E-state index is 12.8. The van der Waals surface area contributed by atoms with E-state index in [1.165, 1.54) is 51.4 Å². The van der Waals surface area contributed by atoms with Crippen molar-refractivity contribution in [3.63, 3.8) is 0 Å². The molecular formula is C60H99NO7. The summed E-state index contributed by atoms with van der Waals surface area (Å²) < 4.78 is 17.3. The molecular weight excluding hydrogens is 847 g/mol. The number of carbonyl (C=O) groups is 3. The second-order valence-corrected chi connectivity index (χ2v) is 18.7. The van der Waals surface area contributed by atoms with E-state index >= 15 is 0 Å². The van der Waals surface area contributed by atoms with Crippen LogP contribution in [-0.4, -0.2) is 75.5 Å². The van der Waals surface area contributed by atoms with Gasteiger partial charge in [-0.1, -0.05) is 194 Å². The fraction of sp³-hybridized carbons (Fsp3) is 0.650. The van der Waals surface area contributed by atoms with E-state index in [1.807, 2.05) is 0 Å². The molecule has 0 aliphatic heterocycles. The van der Waals surface area contributed by atoms with Crippen molar-refractivity contribution in [1.29, 1.82) is 0 Å². The Bertz CT molecular complexity index is 1470. The van der Waals surface area contributed by atoms with Gasteiger partial charge in [0.05, 0.1) is 40.3 Å². The molecule has 8 nitrogen and oxygen atoms in total. The minimum Gasteiger partial charge on any atom is -0.544 e. The summed E-state index contributed by atoms with van der Waals surface area (Å²) in [5, 5.41) is 11.7. The van der Waals surface area contributed by atoms with Crippen LogP contribution >= 0.6 is 0 Å². The molecule has 0 radical (unpaired) electrons. The highest BCUT2D eigenvalue weighted by atomic mass is 16.6. The van der Waals surface area contributed by atoms with E-state index in [2.05, 4.69) is 123 Å². The van der Waals surface area contributed by atoms with Crippen molar-refractivity contribution in [2.24, 2.45) is 0 Å². The number of allylic oxidation sites excluding steroid dienone is 18. The Kier molecular flexibility index (Phi) is 46.5. The van der Waals surface area contributed by atoms with Crippen LogP contribution < -0.4 is 5.11 Å². The van der Waals surface area contributed by atoms with E-state index < -0.39 is 18.1 Å². The highest BCUT2D eigenvalue weighted by Crippen LogP contribution is 2.14. The van der Waals surface area contributed by atoms with Crippen LogP contribution in [0.25, 0.3) is 0 Å². The lowest BCUT2D eigenvalue weighted by molar-refractivity contribution is -0.889. The van der Waals surface area contributed by atoms with E-state index in [9.17, 15) is 19.5 Å². The highest BCUT2D eigenvalue weighted by molar-refractivity contribution is 5.70. The van der Waals surface area contributed by atoms with Gasteiger partial charge in [0.2, 0.25) is 0 Å². The van der Waals surface area contributed by atoms with Crippen LogP contribution in [0.1, 0.15) is 200 Å². The summed E-state index contributed by atoms with van der Waals surface area (Å²) in [6, 6.07) is -0.737. The summed E-state index contributed by atoms with van der Waals surface area (Å²) in [6.07, 6.45) is 68.3. The number of rotatable bonds is 47. The number of hydrogen-bond donors (Lipinski definition) is 0. The van der Waals surface area contributed by atoms with E-state index in [4.69, 9.17) is 14.2 Å². The summed E-state index contributed by atoms with van der Waals surface area (Å²) in [4.78, 5) is 37.1. The number of ether oxygens (including phenoxy) is 3. The molecule has 0 rings (SSSR count). The van der Waals surface area contributed by atoms with Crippen molar-refractivity contribution < 1.29 is 38.2 Å². The first-order valence-corrected chi connectivity index (χ1v) is 26.9. The van der Waals surface area contributed by atoms with Crippen molar-refractivity contribution >= 4 is 17.9 Å². The zero-order valence-electron chi connectivity index (χ0n) is 44.0. The quantitative estimate of drug-likeness (QED) is 0.0259. The lowest BCUT2D eigenvalue weighted by Crippen LogP contribution is -2.55. The van der Waals surface area contributed by atoms with Crippen LogP contribution in [0.2, 0.25) is 0 Å². The molecule has 0 N–H and O–H groups in total. The Hall–Kier alpha value is -4.01. The SMILES string of the molecule is CC/C=C/C/C=C/C/C=C/C/C=C/C/C=C/CCCCCCCCC(=O)OCC(COCCC(C(=O)[O-])[N+](C)(C)C)OC(=O)CCCCCCCCCCC/C=C/C/C=C/C/C=C/C/C=C/CC. The molecule has 0 amide bonds. The Morgan fingerprint density at radius 1 is 0.441 bits per heavy atom. The molecule has 2 unspecified atom stereocenters. The minimum atomic E-state index is -1.13. The van der Waals surface area contributed by atoms with Gasteiger partial charge in [-0.2, -0.15) is 0 Å². The monoisotopic (exact) mass is 946 g/mol. The van der Waals surface area contributed by atoms with Crippen molar-refractivity contribution in [3.8, 4) is 0 Å². The number of carbonyl (C=O) groups excluding carboxylic acids is 3. The summed E-state index contributed by atoms with van der Waals surface area (Å²) in [5.41, 5.74) is 0. The second-order valence-electron chi connectivity index (χ2n) is 18.7. The van der Waals surface area contributed by atoms with Crippen LogP contribution in [0, 0.1) is 0 Å². The molecule has 0 aromatic heterocycles. The third-order valence-corrected chi connectivity index (χ3v) is 11.4. The van der Waals surface area contributed by atoms with Crippen molar-refractivity contribution in [3.05, 3.63) is 109 Å². The lowest BCUT2D eigenvalue weighted by atomic mass is 10.1. The molecule has 0 saturated heterocycles. The van der Waals surface area contributed by atoms with E-state index in [1.54, 1.807) is 21.1 Å². The fourth-order valence-electron chi connectivity index (χ4n) is 7.32. The van der Waals surface area contributed by atoms with Crippen LogP contribution in [0.3, 0.4) is 0 Å². The zero-order valence-corrected chi connectivity index (χ0v) is 44.0. The molecule has 2 atom stereocenters. The van der Waals surface area contributed by atoms with Gasteiger partial charge in [-0.3, -0.25) is 9.59 Å². The first-order valence-electron chi connectivity index (χ1n) is 26.9. The molecule has 0 bridgehead atoms. The minimum absolute atomic E-state index is 0.0268. The number of hydrogen-bond acceptors (Lipinski definition) is 7. The number of nitrogens with zero attached hydrogens (tertiary/aromatic N) is 1. The number of esters is 2. The van der Waals surface area contributed by atoms with Gasteiger partial charge in [0, 0.05) is 19.3 Å². The van der Waals surface area contributed by atoms with Gasteiger partial charge in [0.1, 0.15) is 12.6 Å². The topological polar surface area (TPSA) is 102 Å². The van der Waals surface area contributed by atoms with Crippen molar-refractivity contribution in [2.75, 3.05) is 41.0 Å². The summed E-state index contributed by atoms with van der Waals surface area (Å²) in [7, 11) is 5.40. The van der Waals surface area contributed by atoms with Gasteiger partial charge < -0.3 is 28.6 Å². The van der Waals surface area contributed by atoms with Crippen molar-refractivity contribution in [2.45, 2.75) is 212 Å². The van der Waals surface area contributed by atoms with E-state index in [0.29, 0.717) is 12.8 Å². The number of carboxylic acids is 1.